The molecule has 0 heterocycles. The molecule has 41 heavy (non-hydrogen) atoms. The fourth-order valence-electron chi connectivity index (χ4n) is 4.09. The lowest BCUT2D eigenvalue weighted by molar-refractivity contribution is 0.0733. The lowest BCUT2D eigenvalue weighted by Crippen LogP contribution is -2.15. The number of rotatable bonds is 10. The van der Waals surface area contributed by atoms with Gasteiger partial charge in [-0.25, -0.2) is 9.59 Å². The average Bonchev–Trinajstić information content (AvgIpc) is 3.01. The molecule has 0 aliphatic carbocycles. The van der Waals surface area contributed by atoms with Crippen LogP contribution in [0.25, 0.3) is 0 Å². The van der Waals surface area contributed by atoms with Crippen LogP contribution in [0.4, 0.5) is 0 Å². The van der Waals surface area contributed by atoms with Crippen molar-refractivity contribution in [2.24, 2.45) is 0 Å². The quantitative estimate of drug-likeness (QED) is 0.133. The van der Waals surface area contributed by atoms with Crippen molar-refractivity contribution < 1.29 is 28.5 Å². The molecule has 0 radical (unpaired) electrons. The Morgan fingerprint density at radius 3 is 1.22 bits per heavy atom. The van der Waals surface area contributed by atoms with Crippen molar-refractivity contribution in [3.8, 4) is 23.0 Å². The van der Waals surface area contributed by atoms with Gasteiger partial charge in [-0.3, -0.25) is 0 Å². The van der Waals surface area contributed by atoms with Gasteiger partial charge < -0.3 is 18.9 Å². The average molecular weight is 545 g/mol. The molecule has 5 aromatic carbocycles. The van der Waals surface area contributed by atoms with Gasteiger partial charge in [0.15, 0.2) is 0 Å². The van der Waals surface area contributed by atoms with Crippen molar-refractivity contribution in [3.05, 3.63) is 155 Å². The number of ether oxygens (including phenoxy) is 4. The van der Waals surface area contributed by atoms with Crippen molar-refractivity contribution in [2.45, 2.75) is 20.1 Å². The Hall–Kier alpha value is -5.36. The van der Waals surface area contributed by atoms with Gasteiger partial charge >= 0.3 is 11.9 Å². The minimum Gasteiger partial charge on any atom is -0.489 e. The number of hydrogen-bond donors (Lipinski definition) is 0. The van der Waals surface area contributed by atoms with Crippen molar-refractivity contribution in [1.82, 2.24) is 0 Å². The van der Waals surface area contributed by atoms with Crippen LogP contribution < -0.4 is 18.9 Å². The molecule has 6 heteroatoms. The summed E-state index contributed by atoms with van der Waals surface area (Å²) in [5.74, 6) is 0.897. The normalized spacial score (nSPS) is 10.5. The lowest BCUT2D eigenvalue weighted by atomic mass is 10.0. The summed E-state index contributed by atoms with van der Waals surface area (Å²) in [5.41, 5.74) is 3.12. The molecular weight excluding hydrogens is 516 g/mol. The first-order valence-electron chi connectivity index (χ1n) is 13.1. The van der Waals surface area contributed by atoms with Gasteiger partial charge in [-0.05, 0) is 84.3 Å². The van der Waals surface area contributed by atoms with Crippen LogP contribution in [0.5, 0.6) is 23.0 Å². The topological polar surface area (TPSA) is 71.1 Å². The first-order chi connectivity index (χ1) is 20.0. The first-order valence-corrected chi connectivity index (χ1v) is 13.1. The van der Waals surface area contributed by atoms with E-state index in [1.54, 1.807) is 73.7 Å². The molecule has 6 nitrogen and oxygen atoms in total. The van der Waals surface area contributed by atoms with E-state index < -0.39 is 11.9 Å². The van der Waals surface area contributed by atoms with Crippen molar-refractivity contribution in [3.63, 3.8) is 0 Å². The Balaban J connectivity index is 1.17. The molecule has 5 aromatic rings. The summed E-state index contributed by atoms with van der Waals surface area (Å²) in [4.78, 5) is 25.9. The van der Waals surface area contributed by atoms with Gasteiger partial charge in [0.2, 0.25) is 0 Å². The summed E-state index contributed by atoms with van der Waals surface area (Å²) in [6.45, 7) is 2.57. The third-order valence-corrected chi connectivity index (χ3v) is 6.34. The predicted octanol–water partition coefficient (Wildman–Crippen LogP) is 7.59. The van der Waals surface area contributed by atoms with Gasteiger partial charge in [0.05, 0.1) is 11.1 Å². The van der Waals surface area contributed by atoms with Crippen molar-refractivity contribution in [1.29, 1.82) is 0 Å². The van der Waals surface area contributed by atoms with E-state index in [0.717, 1.165) is 11.1 Å². The van der Waals surface area contributed by atoms with Crippen LogP contribution in [0.2, 0.25) is 0 Å². The highest BCUT2D eigenvalue weighted by atomic mass is 16.5. The van der Waals surface area contributed by atoms with Gasteiger partial charge in [0, 0.05) is 0 Å². The number of carbonyl (C=O) groups excluding carboxylic acids is 2. The van der Waals surface area contributed by atoms with Crippen molar-refractivity contribution in [2.75, 3.05) is 0 Å². The standard InChI is InChI=1S/C35H28O6/c1-25-32(34(36)40-30-19-15-28(16-20-30)38-23-26-9-4-2-5-10-26)13-8-14-33(25)35(37)41-31-21-17-29(18-22-31)39-24-27-11-6-3-7-12-27/h2-22H,23-24H2,1H3. The molecule has 0 spiro atoms. The second kappa shape index (κ2) is 13.1. The predicted molar refractivity (Wildman–Crippen MR) is 156 cm³/mol. The Kier molecular flexibility index (Phi) is 8.72. The SMILES string of the molecule is Cc1c(C(=O)Oc2ccc(OCc3ccccc3)cc2)cccc1C(=O)Oc1ccc(OCc2ccccc2)cc1. The summed E-state index contributed by atoms with van der Waals surface area (Å²) in [6, 6.07) is 38.2. The minimum absolute atomic E-state index is 0.272. The van der Waals surface area contributed by atoms with Gasteiger partial charge in [0.1, 0.15) is 36.2 Å². The fourth-order valence-corrected chi connectivity index (χ4v) is 4.09. The summed E-state index contributed by atoms with van der Waals surface area (Å²) in [7, 11) is 0. The summed E-state index contributed by atoms with van der Waals surface area (Å²) < 4.78 is 22.7. The molecule has 0 amide bonds. The maximum Gasteiger partial charge on any atom is 0.343 e. The molecule has 0 aliphatic heterocycles. The molecule has 0 aromatic heterocycles. The third kappa shape index (κ3) is 7.40. The number of benzene rings is 5. The fraction of sp³-hybridized carbons (Fsp3) is 0.0857. The molecule has 0 aliphatic rings. The number of hydrogen-bond acceptors (Lipinski definition) is 6. The van der Waals surface area contributed by atoms with Gasteiger partial charge in [-0.15, -0.1) is 0 Å². The first kappa shape index (κ1) is 27.2. The van der Waals surface area contributed by atoms with Crippen LogP contribution >= 0.6 is 0 Å². The summed E-state index contributed by atoms with van der Waals surface area (Å²) >= 11 is 0. The molecule has 0 saturated carbocycles. The molecular formula is C35H28O6. The minimum atomic E-state index is -0.574. The number of carbonyl (C=O) groups is 2. The highest BCUT2D eigenvalue weighted by Crippen LogP contribution is 2.24. The zero-order valence-corrected chi connectivity index (χ0v) is 22.5. The third-order valence-electron chi connectivity index (χ3n) is 6.34. The van der Waals surface area contributed by atoms with E-state index >= 15 is 0 Å². The Morgan fingerprint density at radius 2 is 0.829 bits per heavy atom. The number of esters is 2. The lowest BCUT2D eigenvalue weighted by Gasteiger charge is -2.12. The van der Waals surface area contributed by atoms with Crippen LogP contribution in [0, 0.1) is 6.92 Å². The Labute approximate surface area is 238 Å². The van der Waals surface area contributed by atoms with Crippen LogP contribution in [-0.4, -0.2) is 11.9 Å². The highest BCUT2D eigenvalue weighted by Gasteiger charge is 2.19. The van der Waals surface area contributed by atoms with E-state index in [9.17, 15) is 9.59 Å². The Bertz CT molecular complexity index is 1480. The summed E-state index contributed by atoms with van der Waals surface area (Å²) in [6.07, 6.45) is 0. The second-order valence-corrected chi connectivity index (χ2v) is 9.25. The van der Waals surface area contributed by atoms with Gasteiger partial charge in [-0.1, -0.05) is 66.7 Å². The maximum absolute atomic E-state index is 12.9. The van der Waals surface area contributed by atoms with Gasteiger partial charge in [0.25, 0.3) is 0 Å². The van der Waals surface area contributed by atoms with E-state index in [4.69, 9.17) is 18.9 Å². The zero-order valence-electron chi connectivity index (χ0n) is 22.5. The highest BCUT2D eigenvalue weighted by molar-refractivity contribution is 5.99. The molecule has 0 N–H and O–H groups in total. The molecule has 0 unspecified atom stereocenters. The Morgan fingerprint density at radius 1 is 0.463 bits per heavy atom. The molecule has 5 rings (SSSR count). The van der Waals surface area contributed by atoms with E-state index in [1.807, 2.05) is 60.7 Å². The van der Waals surface area contributed by atoms with E-state index in [-0.39, 0.29) is 11.1 Å². The smallest absolute Gasteiger partial charge is 0.343 e. The molecule has 204 valence electrons. The zero-order chi connectivity index (χ0) is 28.4. The van der Waals surface area contributed by atoms with E-state index in [1.165, 1.54) is 0 Å². The molecule has 0 saturated heterocycles. The van der Waals surface area contributed by atoms with Crippen molar-refractivity contribution >= 4 is 11.9 Å². The van der Waals surface area contributed by atoms with Gasteiger partial charge in [-0.2, -0.15) is 0 Å². The monoisotopic (exact) mass is 544 g/mol. The van der Waals surface area contributed by atoms with Crippen LogP contribution in [0.3, 0.4) is 0 Å². The van der Waals surface area contributed by atoms with E-state index in [0.29, 0.717) is 41.8 Å². The maximum atomic E-state index is 12.9. The summed E-state index contributed by atoms with van der Waals surface area (Å²) in [5, 5.41) is 0. The largest absolute Gasteiger partial charge is 0.489 e. The molecule has 0 fully saturated rings. The van der Waals surface area contributed by atoms with E-state index in [2.05, 4.69) is 0 Å². The molecule has 0 atom stereocenters. The van der Waals surface area contributed by atoms with Crippen LogP contribution in [-0.2, 0) is 13.2 Å². The molecule has 0 bridgehead atoms. The van der Waals surface area contributed by atoms with Crippen LogP contribution in [0.1, 0.15) is 37.4 Å². The van der Waals surface area contributed by atoms with Crippen LogP contribution in [0.15, 0.2) is 127 Å². The second-order valence-electron chi connectivity index (χ2n) is 9.25.